The fourth-order valence-corrected chi connectivity index (χ4v) is 7.33. The minimum absolute atomic E-state index is 0.0105. The lowest BCUT2D eigenvalue weighted by atomic mass is 9.82. The van der Waals surface area contributed by atoms with E-state index in [1.165, 1.54) is 80.6 Å². The molecule has 0 amide bonds. The van der Waals surface area contributed by atoms with E-state index in [1.54, 1.807) is 18.7 Å². The van der Waals surface area contributed by atoms with Crippen LogP contribution in [0.4, 0.5) is 0 Å². The first-order valence-electron chi connectivity index (χ1n) is 17.4. The van der Waals surface area contributed by atoms with Crippen LogP contribution in [-0.4, -0.2) is 77.3 Å². The van der Waals surface area contributed by atoms with Gasteiger partial charge in [-0.3, -0.25) is 4.90 Å². The number of aromatic nitrogens is 3. The zero-order valence-corrected chi connectivity index (χ0v) is 28.7. The van der Waals surface area contributed by atoms with Gasteiger partial charge in [-0.2, -0.15) is 9.78 Å². The number of hydrogen-bond acceptors (Lipinski definition) is 7. The topological polar surface area (TPSA) is 98.9 Å². The van der Waals surface area contributed by atoms with E-state index < -0.39 is 5.97 Å². The van der Waals surface area contributed by atoms with Gasteiger partial charge in [0.2, 0.25) is 5.88 Å². The molecule has 0 unspecified atom stereocenters. The number of carbonyl (C=O) groups is 1. The molecule has 9 nitrogen and oxygen atoms in total. The summed E-state index contributed by atoms with van der Waals surface area (Å²) in [5.41, 5.74) is 6.00. The molecule has 1 saturated carbocycles. The molecule has 2 aliphatic carbocycles. The van der Waals surface area contributed by atoms with Crippen LogP contribution in [0.1, 0.15) is 101 Å². The molecule has 2 aromatic heterocycles. The van der Waals surface area contributed by atoms with Gasteiger partial charge in [0.25, 0.3) is 0 Å². The number of carboxylic acids is 1. The van der Waals surface area contributed by atoms with Crippen LogP contribution in [0.2, 0.25) is 0 Å². The van der Waals surface area contributed by atoms with E-state index in [0.717, 1.165) is 61.8 Å². The molecule has 3 heterocycles. The highest BCUT2D eigenvalue weighted by Crippen LogP contribution is 2.35. The Morgan fingerprint density at radius 1 is 1.13 bits per heavy atom. The Balaban J connectivity index is 1.18. The Kier molecular flexibility index (Phi) is 12.5. The van der Waals surface area contributed by atoms with Crippen LogP contribution in [0.25, 0.3) is 11.4 Å². The maximum Gasteiger partial charge on any atom is 0.342 e. The van der Waals surface area contributed by atoms with E-state index in [0.29, 0.717) is 18.5 Å². The standard InChI is InChI=1S/C38H52N4O5/c1-5-29-21-22-41(31-19-17-28(18-20-31)12-10-23-45-3)26-30(29)13-6-7-24-47-36-27(2)11-8-14-32(36)34-15-9-16-35(40-34)42-37(46-4)33(25-39-42)38(43)44/h6,9,13-16,25,28,31H,5,7-8,10-12,17-24,26H2,1-4H3,(H,43,44)/b13-6-. The summed E-state index contributed by atoms with van der Waals surface area (Å²) in [6.45, 7) is 8.14. The molecule has 0 saturated heterocycles. The first-order chi connectivity index (χ1) is 22.9. The molecular weight excluding hydrogens is 592 g/mol. The fourth-order valence-electron chi connectivity index (χ4n) is 7.33. The summed E-state index contributed by atoms with van der Waals surface area (Å²) in [4.78, 5) is 19.2. The maximum atomic E-state index is 11.6. The Morgan fingerprint density at radius 3 is 2.70 bits per heavy atom. The molecule has 1 fully saturated rings. The zero-order chi connectivity index (χ0) is 33.2. The largest absolute Gasteiger partial charge is 0.493 e. The third kappa shape index (κ3) is 8.62. The van der Waals surface area contributed by atoms with Crippen LogP contribution in [0.5, 0.6) is 5.88 Å². The van der Waals surface area contributed by atoms with Gasteiger partial charge in [0.15, 0.2) is 5.82 Å². The van der Waals surface area contributed by atoms with Crippen molar-refractivity contribution >= 4 is 11.5 Å². The average molecular weight is 645 g/mol. The molecule has 1 aliphatic heterocycles. The van der Waals surface area contributed by atoms with E-state index in [2.05, 4.69) is 42.1 Å². The number of nitrogens with zero attached hydrogens (tertiary/aromatic N) is 4. The van der Waals surface area contributed by atoms with Gasteiger partial charge < -0.3 is 19.3 Å². The fraction of sp³-hybridized carbons (Fsp3) is 0.553. The number of allylic oxidation sites excluding steroid dienone is 3. The zero-order valence-electron chi connectivity index (χ0n) is 28.7. The van der Waals surface area contributed by atoms with Crippen LogP contribution in [-0.2, 0) is 9.47 Å². The van der Waals surface area contributed by atoms with Gasteiger partial charge in [-0.25, -0.2) is 9.78 Å². The van der Waals surface area contributed by atoms with E-state index in [4.69, 9.17) is 19.2 Å². The number of pyridine rings is 1. The second-order valence-corrected chi connectivity index (χ2v) is 13.0. The van der Waals surface area contributed by atoms with Crippen LogP contribution in [0, 0.1) is 5.92 Å². The van der Waals surface area contributed by atoms with Gasteiger partial charge in [0.05, 0.1) is 25.6 Å². The van der Waals surface area contributed by atoms with E-state index >= 15 is 0 Å². The molecule has 0 spiro atoms. The lowest BCUT2D eigenvalue weighted by Gasteiger charge is -2.40. The number of carboxylic acid groups (broad SMARTS) is 1. The maximum absolute atomic E-state index is 11.6. The van der Waals surface area contributed by atoms with Gasteiger partial charge in [0, 0.05) is 38.4 Å². The van der Waals surface area contributed by atoms with Crippen molar-refractivity contribution in [3.05, 3.63) is 76.4 Å². The summed E-state index contributed by atoms with van der Waals surface area (Å²) in [5, 5.41) is 13.7. The Morgan fingerprint density at radius 2 is 1.96 bits per heavy atom. The molecule has 9 heteroatoms. The van der Waals surface area contributed by atoms with Gasteiger partial charge >= 0.3 is 5.97 Å². The van der Waals surface area contributed by atoms with Crippen molar-refractivity contribution in [1.29, 1.82) is 0 Å². The van der Waals surface area contributed by atoms with Gasteiger partial charge in [-0.05, 0) is 107 Å². The summed E-state index contributed by atoms with van der Waals surface area (Å²) < 4.78 is 18.5. The highest BCUT2D eigenvalue weighted by Gasteiger charge is 2.28. The highest BCUT2D eigenvalue weighted by atomic mass is 16.5. The van der Waals surface area contributed by atoms with Gasteiger partial charge in [0.1, 0.15) is 11.3 Å². The second kappa shape index (κ2) is 16.9. The summed E-state index contributed by atoms with van der Waals surface area (Å²) >= 11 is 0. The van der Waals surface area contributed by atoms with Crippen molar-refractivity contribution in [2.45, 2.75) is 90.5 Å². The van der Waals surface area contributed by atoms with Crippen LogP contribution < -0.4 is 4.74 Å². The molecular formula is C38H52N4O5. The number of ether oxygens (including phenoxy) is 3. The molecule has 1 N–H and O–H groups in total. The van der Waals surface area contributed by atoms with Crippen molar-refractivity contribution in [3.63, 3.8) is 0 Å². The van der Waals surface area contributed by atoms with Crippen molar-refractivity contribution in [2.75, 3.05) is 40.5 Å². The van der Waals surface area contributed by atoms with Gasteiger partial charge in [-0.15, -0.1) is 0 Å². The monoisotopic (exact) mass is 644 g/mol. The molecule has 5 rings (SSSR count). The molecule has 47 heavy (non-hydrogen) atoms. The van der Waals surface area contributed by atoms with Crippen molar-refractivity contribution in [3.8, 4) is 11.7 Å². The molecule has 3 aliphatic rings. The lowest BCUT2D eigenvalue weighted by Crippen LogP contribution is -2.42. The highest BCUT2D eigenvalue weighted by molar-refractivity contribution is 5.90. The molecule has 0 bridgehead atoms. The predicted molar refractivity (Wildman–Crippen MR) is 185 cm³/mol. The Bertz CT molecular complexity index is 1490. The third-order valence-corrected chi connectivity index (χ3v) is 9.97. The second-order valence-electron chi connectivity index (χ2n) is 13.0. The SMILES string of the molecule is CCC1=C(/C=C\CCOC2=C(C)CCC=C2c2cccc(-n3ncc(C(=O)O)c3OC)n2)CN(C2CCC(CCCOC)CC2)CC1. The number of methoxy groups -OCH3 is 2. The quantitative estimate of drug-likeness (QED) is 0.196. The average Bonchev–Trinajstić information content (AvgIpc) is 3.54. The third-order valence-electron chi connectivity index (χ3n) is 9.97. The number of aromatic carboxylic acids is 1. The number of hydrogen-bond donors (Lipinski definition) is 1. The van der Waals surface area contributed by atoms with E-state index in [1.807, 2.05) is 12.1 Å². The minimum atomic E-state index is -1.10. The Hall–Kier alpha value is -3.69. The summed E-state index contributed by atoms with van der Waals surface area (Å²) in [5.74, 6) is 1.27. The first-order valence-corrected chi connectivity index (χ1v) is 17.4. The number of rotatable bonds is 15. The van der Waals surface area contributed by atoms with Crippen molar-refractivity contribution in [2.24, 2.45) is 5.92 Å². The van der Waals surface area contributed by atoms with Gasteiger partial charge in [-0.1, -0.05) is 36.8 Å². The smallest absolute Gasteiger partial charge is 0.342 e. The molecule has 2 aromatic rings. The molecule has 0 radical (unpaired) electrons. The first kappa shape index (κ1) is 34.6. The lowest BCUT2D eigenvalue weighted by molar-refractivity contribution is 0.0693. The normalized spacial score (nSPS) is 21.0. The van der Waals surface area contributed by atoms with Crippen molar-refractivity contribution < 1.29 is 24.1 Å². The Labute approximate surface area is 280 Å². The van der Waals surface area contributed by atoms with E-state index in [-0.39, 0.29) is 11.4 Å². The molecule has 0 aromatic carbocycles. The van der Waals surface area contributed by atoms with Crippen LogP contribution in [0.15, 0.2) is 65.1 Å². The van der Waals surface area contributed by atoms with Crippen molar-refractivity contribution in [1.82, 2.24) is 19.7 Å². The summed E-state index contributed by atoms with van der Waals surface area (Å²) in [6.07, 6.45) is 20.9. The summed E-state index contributed by atoms with van der Waals surface area (Å²) in [7, 11) is 3.23. The molecule has 254 valence electrons. The van der Waals surface area contributed by atoms with Crippen LogP contribution in [0.3, 0.4) is 0 Å². The molecule has 0 atom stereocenters. The predicted octanol–water partition coefficient (Wildman–Crippen LogP) is 7.79. The van der Waals surface area contributed by atoms with Crippen LogP contribution >= 0.6 is 0 Å². The minimum Gasteiger partial charge on any atom is -0.493 e. The summed E-state index contributed by atoms with van der Waals surface area (Å²) in [6, 6.07) is 6.35. The van der Waals surface area contributed by atoms with E-state index in [9.17, 15) is 9.90 Å².